The Labute approximate surface area is 127 Å². The van der Waals surface area contributed by atoms with Crippen LogP contribution >= 0.6 is 11.6 Å². The third-order valence-corrected chi connectivity index (χ3v) is 3.10. The lowest BCUT2D eigenvalue weighted by Gasteiger charge is -2.14. The van der Waals surface area contributed by atoms with Gasteiger partial charge in [0, 0.05) is 11.1 Å². The molecular weight excluding hydrogens is 292 g/mol. The number of ether oxygens (including phenoxy) is 2. The third-order valence-electron chi connectivity index (χ3n) is 2.87. The van der Waals surface area contributed by atoms with E-state index in [-0.39, 0.29) is 5.84 Å². The van der Waals surface area contributed by atoms with Crippen molar-refractivity contribution >= 4 is 17.4 Å². The summed E-state index contributed by atoms with van der Waals surface area (Å²) < 4.78 is 11.1. The molecule has 6 heteroatoms. The Hall–Kier alpha value is -2.40. The van der Waals surface area contributed by atoms with E-state index in [9.17, 15) is 0 Å². The van der Waals surface area contributed by atoms with Crippen LogP contribution in [-0.2, 0) is 0 Å². The van der Waals surface area contributed by atoms with Crippen LogP contribution < -0.4 is 15.2 Å². The highest BCUT2D eigenvalue weighted by Gasteiger charge is 2.13. The molecule has 0 amide bonds. The average molecular weight is 307 g/mol. The van der Waals surface area contributed by atoms with Gasteiger partial charge >= 0.3 is 0 Å². The quantitative estimate of drug-likeness (QED) is 0.392. The Morgan fingerprint density at radius 2 is 1.90 bits per heavy atom. The van der Waals surface area contributed by atoms with Gasteiger partial charge in [-0.3, -0.25) is 0 Å². The second-order valence-corrected chi connectivity index (χ2v) is 4.82. The molecule has 0 saturated heterocycles. The lowest BCUT2D eigenvalue weighted by molar-refractivity contribution is 0.318. The Morgan fingerprint density at radius 1 is 1.14 bits per heavy atom. The fraction of sp³-hybridized carbons (Fsp3) is 0.133. The molecule has 0 radical (unpaired) electrons. The fourth-order valence-corrected chi connectivity index (χ4v) is 1.99. The zero-order valence-corrected chi connectivity index (χ0v) is 12.4. The highest BCUT2D eigenvalue weighted by Crippen LogP contribution is 2.34. The van der Waals surface area contributed by atoms with Crippen molar-refractivity contribution in [3.63, 3.8) is 0 Å². The average Bonchev–Trinajstić information content (AvgIpc) is 2.48. The minimum absolute atomic E-state index is 0.0623. The Balaban J connectivity index is 2.46. The number of nitrogens with two attached hydrogens (primary N) is 1. The van der Waals surface area contributed by atoms with Crippen molar-refractivity contribution in [1.82, 2.24) is 0 Å². The summed E-state index contributed by atoms with van der Waals surface area (Å²) in [6.07, 6.45) is 0. The highest BCUT2D eigenvalue weighted by molar-refractivity contribution is 6.30. The fourth-order valence-electron chi connectivity index (χ4n) is 1.82. The van der Waals surface area contributed by atoms with Crippen molar-refractivity contribution in [3.8, 4) is 17.2 Å². The van der Waals surface area contributed by atoms with Gasteiger partial charge in [-0.05, 0) is 36.8 Å². The van der Waals surface area contributed by atoms with Crippen LogP contribution in [0.4, 0.5) is 0 Å². The normalized spacial score (nSPS) is 11.3. The van der Waals surface area contributed by atoms with Crippen molar-refractivity contribution in [2.24, 2.45) is 10.9 Å². The molecule has 3 N–H and O–H groups in total. The van der Waals surface area contributed by atoms with Crippen LogP contribution in [0, 0.1) is 6.92 Å². The summed E-state index contributed by atoms with van der Waals surface area (Å²) in [6.45, 7) is 1.95. The SMILES string of the molecule is COc1cc(C)ccc1Oc1cc(Cl)ccc1C(N)=NO. The van der Waals surface area contributed by atoms with Gasteiger partial charge in [0.1, 0.15) is 5.75 Å². The van der Waals surface area contributed by atoms with Crippen LogP contribution in [0.25, 0.3) is 0 Å². The van der Waals surface area contributed by atoms with Crippen LogP contribution in [0.1, 0.15) is 11.1 Å². The molecule has 5 nitrogen and oxygen atoms in total. The van der Waals surface area contributed by atoms with Gasteiger partial charge in [0.15, 0.2) is 17.3 Å². The summed E-state index contributed by atoms with van der Waals surface area (Å²) in [5.74, 6) is 1.41. The summed E-state index contributed by atoms with van der Waals surface area (Å²) in [5.41, 5.74) is 7.12. The molecule has 0 spiro atoms. The van der Waals surface area contributed by atoms with Crippen molar-refractivity contribution in [1.29, 1.82) is 0 Å². The molecular formula is C15H15ClN2O3. The van der Waals surface area contributed by atoms with E-state index in [0.29, 0.717) is 27.8 Å². The predicted molar refractivity (Wildman–Crippen MR) is 81.8 cm³/mol. The Kier molecular flexibility index (Phi) is 4.55. The standard InChI is InChI=1S/C15H15ClN2O3/c1-9-3-6-12(14(7-9)20-2)21-13-8-10(16)4-5-11(13)15(17)18-19/h3-8,19H,1-2H3,(H2,17,18). The lowest BCUT2D eigenvalue weighted by Crippen LogP contribution is -2.14. The molecule has 2 rings (SSSR count). The minimum atomic E-state index is -0.0623. The monoisotopic (exact) mass is 306 g/mol. The van der Waals surface area contributed by atoms with Crippen molar-refractivity contribution in [2.45, 2.75) is 6.92 Å². The topological polar surface area (TPSA) is 77.1 Å². The highest BCUT2D eigenvalue weighted by atomic mass is 35.5. The van der Waals surface area contributed by atoms with E-state index in [0.717, 1.165) is 5.56 Å². The number of amidine groups is 1. The van der Waals surface area contributed by atoms with E-state index in [1.165, 1.54) is 0 Å². The Morgan fingerprint density at radius 3 is 2.57 bits per heavy atom. The van der Waals surface area contributed by atoms with Crippen LogP contribution in [0.5, 0.6) is 17.2 Å². The molecule has 0 aromatic heterocycles. The maximum Gasteiger partial charge on any atom is 0.173 e. The van der Waals surface area contributed by atoms with Crippen LogP contribution in [-0.4, -0.2) is 18.2 Å². The van der Waals surface area contributed by atoms with E-state index in [2.05, 4.69) is 5.16 Å². The molecule has 0 saturated carbocycles. The molecule has 0 aliphatic rings. The van der Waals surface area contributed by atoms with Crippen LogP contribution in [0.3, 0.4) is 0 Å². The predicted octanol–water partition coefficient (Wildman–Crippen LogP) is 3.54. The number of oxime groups is 1. The molecule has 0 bridgehead atoms. The first-order valence-corrected chi connectivity index (χ1v) is 6.53. The number of nitrogens with zero attached hydrogens (tertiary/aromatic N) is 1. The van der Waals surface area contributed by atoms with Gasteiger partial charge in [0.25, 0.3) is 0 Å². The molecule has 0 fully saturated rings. The van der Waals surface area contributed by atoms with Gasteiger partial charge < -0.3 is 20.4 Å². The summed E-state index contributed by atoms with van der Waals surface area (Å²) in [7, 11) is 1.56. The van der Waals surface area contributed by atoms with Gasteiger partial charge in [-0.2, -0.15) is 0 Å². The number of benzene rings is 2. The van der Waals surface area contributed by atoms with Crippen LogP contribution in [0.2, 0.25) is 5.02 Å². The van der Waals surface area contributed by atoms with Gasteiger partial charge in [0.05, 0.1) is 12.7 Å². The molecule has 0 heterocycles. The smallest absolute Gasteiger partial charge is 0.173 e. The number of aryl methyl sites for hydroxylation is 1. The molecule has 21 heavy (non-hydrogen) atoms. The largest absolute Gasteiger partial charge is 0.493 e. The van der Waals surface area contributed by atoms with E-state index >= 15 is 0 Å². The molecule has 0 unspecified atom stereocenters. The van der Waals surface area contributed by atoms with Crippen molar-refractivity contribution in [3.05, 3.63) is 52.5 Å². The van der Waals surface area contributed by atoms with E-state index in [1.54, 1.807) is 31.4 Å². The van der Waals surface area contributed by atoms with E-state index in [4.69, 9.17) is 32.0 Å². The van der Waals surface area contributed by atoms with Crippen molar-refractivity contribution in [2.75, 3.05) is 7.11 Å². The van der Waals surface area contributed by atoms with E-state index in [1.807, 2.05) is 19.1 Å². The van der Waals surface area contributed by atoms with Gasteiger partial charge in [-0.25, -0.2) is 0 Å². The minimum Gasteiger partial charge on any atom is -0.493 e. The van der Waals surface area contributed by atoms with Gasteiger partial charge in [-0.1, -0.05) is 22.8 Å². The lowest BCUT2D eigenvalue weighted by atomic mass is 10.2. The maximum absolute atomic E-state index is 8.83. The van der Waals surface area contributed by atoms with Gasteiger partial charge in [-0.15, -0.1) is 0 Å². The number of hydrogen-bond acceptors (Lipinski definition) is 4. The molecule has 2 aromatic carbocycles. The summed E-state index contributed by atoms with van der Waals surface area (Å²) in [4.78, 5) is 0. The molecule has 0 atom stereocenters. The number of rotatable bonds is 4. The first kappa shape index (κ1) is 15.0. The van der Waals surface area contributed by atoms with Crippen LogP contribution in [0.15, 0.2) is 41.6 Å². The summed E-state index contributed by atoms with van der Waals surface area (Å²) >= 11 is 5.98. The number of halogens is 1. The maximum atomic E-state index is 8.83. The van der Waals surface area contributed by atoms with Crippen molar-refractivity contribution < 1.29 is 14.7 Å². The zero-order chi connectivity index (χ0) is 15.4. The summed E-state index contributed by atoms with van der Waals surface area (Å²) in [6, 6.07) is 10.4. The number of methoxy groups -OCH3 is 1. The number of hydrogen-bond donors (Lipinski definition) is 2. The third kappa shape index (κ3) is 3.38. The second kappa shape index (κ2) is 6.37. The zero-order valence-electron chi connectivity index (χ0n) is 11.6. The second-order valence-electron chi connectivity index (χ2n) is 4.38. The molecule has 0 aliphatic carbocycles. The summed E-state index contributed by atoms with van der Waals surface area (Å²) in [5, 5.41) is 12.3. The molecule has 2 aromatic rings. The Bertz CT molecular complexity index is 687. The molecule has 110 valence electrons. The first-order chi connectivity index (χ1) is 10.0. The van der Waals surface area contributed by atoms with E-state index < -0.39 is 0 Å². The van der Waals surface area contributed by atoms with Gasteiger partial charge in [0.2, 0.25) is 0 Å². The first-order valence-electron chi connectivity index (χ1n) is 6.15. The molecule has 0 aliphatic heterocycles.